The maximum absolute atomic E-state index is 6.00. The molecule has 0 heterocycles. The van der Waals surface area contributed by atoms with Crippen LogP contribution in [0, 0.1) is 6.92 Å². The fourth-order valence-corrected chi connectivity index (χ4v) is 2.83. The second-order valence-corrected chi connectivity index (χ2v) is 6.93. The monoisotopic (exact) mass is 342 g/mol. The number of rotatable bonds is 7. The molecule has 0 radical (unpaired) electrons. The largest absolute Gasteiger partial charge is 0.492 e. The first-order valence-corrected chi connectivity index (χ1v) is 9.34. The Balaban J connectivity index is 1.80. The summed E-state index contributed by atoms with van der Waals surface area (Å²) in [5, 5.41) is 0.569. The minimum Gasteiger partial charge on any atom is -0.492 e. The van der Waals surface area contributed by atoms with Crippen LogP contribution in [0.15, 0.2) is 53.5 Å². The fraction of sp³-hybridized carbons (Fsp3) is 0.350. The molecule has 3 nitrogen and oxygen atoms in total. The van der Waals surface area contributed by atoms with Crippen LogP contribution in [-0.2, 0) is 0 Å². The van der Waals surface area contributed by atoms with Crippen molar-refractivity contribution >= 4 is 22.6 Å². The summed E-state index contributed by atoms with van der Waals surface area (Å²) in [6.07, 6.45) is 1.14. The standard InChI is InChI=1S/C20H26N2OS/c1-4-15(2)17-9-11-18(12-10-17)22-20(21)24-14-13-23-19-8-6-5-7-16(19)3/h5-12,15H,4,13-14H2,1-3H3,(H2,21,22)/t15-/m0/s1. The molecule has 0 fully saturated rings. The summed E-state index contributed by atoms with van der Waals surface area (Å²) in [5.41, 5.74) is 9.38. The number of nitrogens with zero attached hydrogens (tertiary/aromatic N) is 1. The minimum atomic E-state index is 0.569. The van der Waals surface area contributed by atoms with Crippen LogP contribution >= 0.6 is 11.8 Å². The normalized spacial score (nSPS) is 12.9. The van der Waals surface area contributed by atoms with Gasteiger partial charge in [-0.2, -0.15) is 0 Å². The van der Waals surface area contributed by atoms with Crippen molar-refractivity contribution in [3.8, 4) is 5.75 Å². The van der Waals surface area contributed by atoms with Gasteiger partial charge in [-0.1, -0.05) is 55.9 Å². The highest BCUT2D eigenvalue weighted by Gasteiger charge is 2.03. The molecule has 0 aromatic heterocycles. The molecular weight excluding hydrogens is 316 g/mol. The van der Waals surface area contributed by atoms with Crippen molar-refractivity contribution in [3.63, 3.8) is 0 Å². The van der Waals surface area contributed by atoms with Crippen LogP contribution in [0.2, 0.25) is 0 Å². The van der Waals surface area contributed by atoms with Gasteiger partial charge in [0.05, 0.1) is 12.3 Å². The van der Waals surface area contributed by atoms with E-state index in [1.165, 1.54) is 17.3 Å². The molecule has 2 aromatic carbocycles. The lowest BCUT2D eigenvalue weighted by molar-refractivity contribution is 0.342. The van der Waals surface area contributed by atoms with Crippen LogP contribution in [-0.4, -0.2) is 17.5 Å². The summed E-state index contributed by atoms with van der Waals surface area (Å²) < 4.78 is 5.76. The quantitative estimate of drug-likeness (QED) is 0.424. The number of hydrogen-bond donors (Lipinski definition) is 1. The number of aryl methyl sites for hydroxylation is 1. The summed E-state index contributed by atoms with van der Waals surface area (Å²) in [4.78, 5) is 4.45. The third-order valence-electron chi connectivity index (χ3n) is 4.00. The van der Waals surface area contributed by atoms with Gasteiger partial charge in [0.15, 0.2) is 5.17 Å². The van der Waals surface area contributed by atoms with Gasteiger partial charge in [-0.25, -0.2) is 4.99 Å². The first kappa shape index (κ1) is 18.4. The van der Waals surface area contributed by atoms with Gasteiger partial charge in [0, 0.05) is 5.75 Å². The van der Waals surface area contributed by atoms with Crippen molar-refractivity contribution < 1.29 is 4.74 Å². The van der Waals surface area contributed by atoms with Crippen molar-refractivity contribution in [1.82, 2.24) is 0 Å². The Morgan fingerprint density at radius 2 is 1.88 bits per heavy atom. The van der Waals surface area contributed by atoms with Gasteiger partial charge in [-0.05, 0) is 48.6 Å². The highest BCUT2D eigenvalue weighted by atomic mass is 32.2. The van der Waals surface area contributed by atoms with Crippen molar-refractivity contribution in [2.45, 2.75) is 33.1 Å². The van der Waals surface area contributed by atoms with Gasteiger partial charge in [0.1, 0.15) is 5.75 Å². The van der Waals surface area contributed by atoms with E-state index in [1.807, 2.05) is 43.3 Å². The average molecular weight is 343 g/mol. The first-order chi connectivity index (χ1) is 11.6. The van der Waals surface area contributed by atoms with E-state index in [0.717, 1.165) is 29.2 Å². The summed E-state index contributed by atoms with van der Waals surface area (Å²) in [5.74, 6) is 2.27. The lowest BCUT2D eigenvalue weighted by Gasteiger charge is -2.09. The van der Waals surface area contributed by atoms with E-state index in [9.17, 15) is 0 Å². The molecule has 0 saturated carbocycles. The summed E-state index contributed by atoms with van der Waals surface area (Å²) in [6, 6.07) is 16.3. The lowest BCUT2D eigenvalue weighted by atomic mass is 9.99. The smallest absolute Gasteiger partial charge is 0.159 e. The highest BCUT2D eigenvalue weighted by Crippen LogP contribution is 2.22. The number of nitrogens with two attached hydrogens (primary N) is 1. The van der Waals surface area contributed by atoms with Crippen LogP contribution in [0.3, 0.4) is 0 Å². The van der Waals surface area contributed by atoms with Crippen LogP contribution in [0.25, 0.3) is 0 Å². The maximum Gasteiger partial charge on any atom is 0.159 e. The molecular formula is C20H26N2OS. The molecule has 2 N–H and O–H groups in total. The lowest BCUT2D eigenvalue weighted by Crippen LogP contribution is -2.10. The number of benzene rings is 2. The van der Waals surface area contributed by atoms with Gasteiger partial charge in [-0.3, -0.25) is 0 Å². The van der Waals surface area contributed by atoms with E-state index in [-0.39, 0.29) is 0 Å². The Kier molecular flexibility index (Phi) is 7.19. The number of amidine groups is 1. The molecule has 2 aromatic rings. The zero-order chi connectivity index (χ0) is 17.4. The predicted molar refractivity (Wildman–Crippen MR) is 106 cm³/mol. The molecule has 0 aliphatic carbocycles. The van der Waals surface area contributed by atoms with Gasteiger partial charge in [0.25, 0.3) is 0 Å². The molecule has 2 rings (SSSR count). The molecule has 128 valence electrons. The molecule has 0 amide bonds. The van der Waals surface area contributed by atoms with E-state index in [2.05, 4.69) is 31.0 Å². The van der Waals surface area contributed by atoms with Crippen LogP contribution < -0.4 is 10.5 Å². The Bertz CT molecular complexity index is 668. The molecule has 0 aliphatic rings. The van der Waals surface area contributed by atoms with Gasteiger partial charge in [-0.15, -0.1) is 0 Å². The molecule has 4 heteroatoms. The number of ether oxygens (including phenoxy) is 1. The van der Waals surface area contributed by atoms with Crippen LogP contribution in [0.5, 0.6) is 5.75 Å². The highest BCUT2D eigenvalue weighted by molar-refractivity contribution is 8.13. The topological polar surface area (TPSA) is 47.6 Å². The molecule has 0 bridgehead atoms. The van der Waals surface area contributed by atoms with E-state index in [0.29, 0.717) is 17.7 Å². The van der Waals surface area contributed by atoms with Crippen molar-refractivity contribution in [2.75, 3.05) is 12.4 Å². The molecule has 24 heavy (non-hydrogen) atoms. The van der Waals surface area contributed by atoms with Crippen molar-refractivity contribution in [1.29, 1.82) is 0 Å². The Hall–Kier alpha value is -1.94. The van der Waals surface area contributed by atoms with E-state index in [4.69, 9.17) is 10.5 Å². The summed E-state index contributed by atoms with van der Waals surface area (Å²) in [7, 11) is 0. The number of thioether (sulfide) groups is 1. The molecule has 0 aliphatic heterocycles. The van der Waals surface area contributed by atoms with E-state index >= 15 is 0 Å². The third-order valence-corrected chi connectivity index (χ3v) is 4.76. The number of para-hydroxylation sites is 1. The SMILES string of the molecule is CC[C@H](C)c1ccc(N=C(N)SCCOc2ccccc2C)cc1. The minimum absolute atomic E-state index is 0.569. The maximum atomic E-state index is 6.00. The summed E-state index contributed by atoms with van der Waals surface area (Å²) >= 11 is 1.51. The molecule has 0 saturated heterocycles. The zero-order valence-electron chi connectivity index (χ0n) is 14.7. The first-order valence-electron chi connectivity index (χ1n) is 8.35. The number of hydrogen-bond acceptors (Lipinski definition) is 3. The van der Waals surface area contributed by atoms with Crippen LogP contribution in [0.4, 0.5) is 5.69 Å². The van der Waals surface area contributed by atoms with Crippen molar-refractivity contribution in [3.05, 3.63) is 59.7 Å². The van der Waals surface area contributed by atoms with Gasteiger partial charge >= 0.3 is 0 Å². The third kappa shape index (κ3) is 5.60. The predicted octanol–water partition coefficient (Wildman–Crippen LogP) is 5.27. The van der Waals surface area contributed by atoms with Crippen LogP contribution in [0.1, 0.15) is 37.3 Å². The second-order valence-electron chi connectivity index (χ2n) is 5.81. The van der Waals surface area contributed by atoms with Gasteiger partial charge in [0.2, 0.25) is 0 Å². The van der Waals surface area contributed by atoms with Crippen molar-refractivity contribution in [2.24, 2.45) is 10.7 Å². The Labute approximate surface area is 149 Å². The second kappa shape index (κ2) is 9.38. The Morgan fingerprint density at radius 3 is 2.54 bits per heavy atom. The average Bonchev–Trinajstić information content (AvgIpc) is 2.60. The Morgan fingerprint density at radius 1 is 1.17 bits per heavy atom. The van der Waals surface area contributed by atoms with E-state index in [1.54, 1.807) is 0 Å². The number of aliphatic imine (C=N–C) groups is 1. The molecule has 0 spiro atoms. The van der Waals surface area contributed by atoms with Gasteiger partial charge < -0.3 is 10.5 Å². The van der Waals surface area contributed by atoms with E-state index < -0.39 is 0 Å². The molecule has 1 atom stereocenters. The zero-order valence-corrected chi connectivity index (χ0v) is 15.5. The summed E-state index contributed by atoms with van der Waals surface area (Å²) in [6.45, 7) is 7.08. The fourth-order valence-electron chi connectivity index (χ4n) is 2.29. The molecule has 0 unspecified atom stereocenters.